The summed E-state index contributed by atoms with van der Waals surface area (Å²) in [5.74, 6) is 0. The van der Waals surface area contributed by atoms with Crippen LogP contribution in [0.5, 0.6) is 0 Å². The van der Waals surface area contributed by atoms with E-state index in [1.54, 1.807) is 0 Å². The third-order valence-electron chi connectivity index (χ3n) is 0.940. The quantitative estimate of drug-likeness (QED) is 0.774. The summed E-state index contributed by atoms with van der Waals surface area (Å²) in [7, 11) is 0. The van der Waals surface area contributed by atoms with Crippen LogP contribution in [0.2, 0.25) is 0 Å². The van der Waals surface area contributed by atoms with Crippen molar-refractivity contribution in [3.05, 3.63) is 0 Å². The average Bonchev–Trinajstić information content (AvgIpc) is 1.64. The Balaban J connectivity index is 3.59. The molecule has 0 aliphatic rings. The highest BCUT2D eigenvalue weighted by molar-refractivity contribution is 9.39. The van der Waals surface area contributed by atoms with Gasteiger partial charge in [-0.2, -0.15) is 0 Å². The maximum Gasteiger partial charge on any atom is 0.160 e. The molecule has 0 radical (unpaired) electrons. The molecule has 0 saturated heterocycles. The molecule has 0 aromatic heterocycles. The highest BCUT2D eigenvalue weighted by atomic mass is 80.0. The Hall–Kier alpha value is 1.40. The number of alkyl halides is 3. The fourth-order valence-corrected chi connectivity index (χ4v) is 1.12. The van der Waals surface area contributed by atoms with Gasteiger partial charge in [0.25, 0.3) is 0 Å². The molecule has 0 rings (SSSR count). The van der Waals surface area contributed by atoms with E-state index in [1.807, 2.05) is 6.92 Å². The van der Waals surface area contributed by atoms with Crippen molar-refractivity contribution >= 4 is 47.8 Å². The Bertz CT molecular complexity index is 78.8. The van der Waals surface area contributed by atoms with Crippen molar-refractivity contribution in [1.82, 2.24) is 0 Å². The summed E-state index contributed by atoms with van der Waals surface area (Å²) >= 11 is 9.68. The van der Waals surface area contributed by atoms with Crippen molar-refractivity contribution in [2.24, 2.45) is 0 Å². The molecule has 4 heteroatoms. The minimum Gasteiger partial charge on any atom is -0.390 e. The summed E-state index contributed by atoms with van der Waals surface area (Å²) in [6.45, 7) is 2.03. The first-order chi connectivity index (χ1) is 3.98. The lowest BCUT2D eigenvalue weighted by Crippen LogP contribution is -2.22. The molecule has 0 spiro atoms. The van der Waals surface area contributed by atoms with Crippen molar-refractivity contribution in [2.75, 3.05) is 0 Å². The Labute approximate surface area is 80.6 Å². The molecule has 1 atom stereocenters. The normalized spacial score (nSPS) is 15.7. The molecule has 0 bridgehead atoms. The van der Waals surface area contributed by atoms with Crippen LogP contribution in [0.25, 0.3) is 0 Å². The summed E-state index contributed by atoms with van der Waals surface area (Å²) in [5, 5.41) is 9.25. The summed E-state index contributed by atoms with van der Waals surface area (Å²) in [6.07, 6.45) is 1.37. The van der Waals surface area contributed by atoms with E-state index >= 15 is 0 Å². The first-order valence-corrected chi connectivity index (χ1v) is 5.11. The molecule has 56 valence electrons. The number of hydrogen-bond donors (Lipinski definition) is 1. The molecule has 0 heterocycles. The lowest BCUT2D eigenvalue weighted by atomic mass is 10.2. The van der Waals surface area contributed by atoms with E-state index in [9.17, 15) is 5.11 Å². The molecule has 1 nitrogen and oxygen atoms in total. The van der Waals surface area contributed by atoms with E-state index in [0.29, 0.717) is 0 Å². The first-order valence-electron chi connectivity index (χ1n) is 2.73. The van der Waals surface area contributed by atoms with Crippen LogP contribution in [0.4, 0.5) is 0 Å². The number of hydrogen-bond acceptors (Lipinski definition) is 1. The van der Waals surface area contributed by atoms with E-state index < -0.39 is 2.14 Å². The van der Waals surface area contributed by atoms with E-state index in [2.05, 4.69) is 47.8 Å². The van der Waals surface area contributed by atoms with Gasteiger partial charge in [0.05, 0.1) is 6.10 Å². The average molecular weight is 325 g/mol. The molecule has 0 aliphatic heterocycles. The predicted octanol–water partition coefficient (Wildman–Crippen LogP) is 2.99. The lowest BCUT2D eigenvalue weighted by molar-refractivity contribution is 0.178. The van der Waals surface area contributed by atoms with Gasteiger partial charge >= 0.3 is 0 Å². The van der Waals surface area contributed by atoms with Crippen LogP contribution in [0.3, 0.4) is 0 Å². The van der Waals surface area contributed by atoms with Gasteiger partial charge in [0.1, 0.15) is 0 Å². The summed E-state index contributed by atoms with van der Waals surface area (Å²) in [6, 6.07) is 0. The van der Waals surface area contributed by atoms with Gasteiger partial charge in [-0.1, -0.05) is 61.1 Å². The molecule has 0 aromatic carbocycles. The van der Waals surface area contributed by atoms with Gasteiger partial charge in [0, 0.05) is 0 Å². The van der Waals surface area contributed by atoms with E-state index in [4.69, 9.17) is 0 Å². The van der Waals surface area contributed by atoms with Gasteiger partial charge in [-0.25, -0.2) is 0 Å². The number of halogens is 3. The molecule has 0 aromatic rings. The van der Waals surface area contributed by atoms with Crippen molar-refractivity contribution in [3.63, 3.8) is 0 Å². The zero-order valence-electron chi connectivity index (χ0n) is 5.07. The molecule has 0 fully saturated rings. The van der Waals surface area contributed by atoms with E-state index in [1.165, 1.54) is 0 Å². The molecule has 0 aliphatic carbocycles. The second-order valence-corrected chi connectivity index (χ2v) is 8.79. The van der Waals surface area contributed by atoms with Gasteiger partial charge in [-0.05, 0) is 6.42 Å². The molecular formula is C5H9Br3O. The highest BCUT2D eigenvalue weighted by Gasteiger charge is 2.27. The predicted molar refractivity (Wildman–Crippen MR) is 50.4 cm³/mol. The van der Waals surface area contributed by atoms with Crippen LogP contribution >= 0.6 is 47.8 Å². The van der Waals surface area contributed by atoms with Crippen LogP contribution in [0.1, 0.15) is 19.8 Å². The monoisotopic (exact) mass is 322 g/mol. The topological polar surface area (TPSA) is 20.2 Å². The molecule has 0 amide bonds. The standard InChI is InChI=1S/C5H9Br3O/c1-2-3-4(9)5(6,7)8/h4,9H,2-3H2,1H3. The Morgan fingerprint density at radius 3 is 2.00 bits per heavy atom. The van der Waals surface area contributed by atoms with Crippen molar-refractivity contribution < 1.29 is 5.11 Å². The number of aliphatic hydroxyl groups is 1. The van der Waals surface area contributed by atoms with Crippen LogP contribution in [0.15, 0.2) is 0 Å². The van der Waals surface area contributed by atoms with Crippen molar-refractivity contribution in [1.29, 1.82) is 0 Å². The Morgan fingerprint density at radius 1 is 1.44 bits per heavy atom. The van der Waals surface area contributed by atoms with Crippen LogP contribution in [-0.2, 0) is 0 Å². The number of rotatable bonds is 2. The van der Waals surface area contributed by atoms with Crippen LogP contribution in [-0.4, -0.2) is 13.4 Å². The Kier molecular flexibility index (Phi) is 4.98. The maximum atomic E-state index is 9.25. The van der Waals surface area contributed by atoms with Gasteiger partial charge in [0.2, 0.25) is 0 Å². The zero-order chi connectivity index (χ0) is 7.49. The summed E-state index contributed by atoms with van der Waals surface area (Å²) in [4.78, 5) is 0. The summed E-state index contributed by atoms with van der Waals surface area (Å²) < 4.78 is -0.497. The molecular weight excluding hydrogens is 316 g/mol. The van der Waals surface area contributed by atoms with E-state index in [0.717, 1.165) is 12.8 Å². The Morgan fingerprint density at radius 2 is 1.89 bits per heavy atom. The number of aliphatic hydroxyl groups excluding tert-OH is 1. The van der Waals surface area contributed by atoms with Gasteiger partial charge < -0.3 is 5.11 Å². The lowest BCUT2D eigenvalue weighted by Gasteiger charge is -2.18. The van der Waals surface area contributed by atoms with Gasteiger partial charge in [0.15, 0.2) is 2.14 Å². The first kappa shape index (κ1) is 10.4. The third-order valence-corrected chi connectivity index (χ3v) is 2.53. The zero-order valence-corrected chi connectivity index (χ0v) is 9.83. The molecule has 1 unspecified atom stereocenters. The second-order valence-electron chi connectivity index (χ2n) is 1.85. The van der Waals surface area contributed by atoms with Crippen molar-refractivity contribution in [2.45, 2.75) is 28.0 Å². The molecule has 9 heavy (non-hydrogen) atoms. The van der Waals surface area contributed by atoms with Gasteiger partial charge in [-0.3, -0.25) is 0 Å². The SMILES string of the molecule is CCCC(O)C(Br)(Br)Br. The minimum absolute atomic E-state index is 0.387. The molecule has 1 N–H and O–H groups in total. The maximum absolute atomic E-state index is 9.25. The molecule has 0 saturated carbocycles. The largest absolute Gasteiger partial charge is 0.390 e. The fraction of sp³-hybridized carbons (Fsp3) is 1.00. The smallest absolute Gasteiger partial charge is 0.160 e. The summed E-state index contributed by atoms with van der Waals surface area (Å²) in [5.41, 5.74) is 0. The second kappa shape index (κ2) is 4.31. The highest BCUT2D eigenvalue weighted by Crippen LogP contribution is 2.38. The fourth-order valence-electron chi connectivity index (χ4n) is 0.437. The van der Waals surface area contributed by atoms with Gasteiger partial charge in [-0.15, -0.1) is 0 Å². The third kappa shape index (κ3) is 4.76. The van der Waals surface area contributed by atoms with E-state index in [-0.39, 0.29) is 6.10 Å². The van der Waals surface area contributed by atoms with Crippen LogP contribution < -0.4 is 0 Å². The minimum atomic E-state index is -0.497. The van der Waals surface area contributed by atoms with Crippen LogP contribution in [0, 0.1) is 0 Å². The van der Waals surface area contributed by atoms with Crippen molar-refractivity contribution in [3.8, 4) is 0 Å².